The molecule has 4 nitrogen and oxygen atoms in total. The number of nitrogens with one attached hydrogen (secondary N) is 1. The fourth-order valence-electron chi connectivity index (χ4n) is 2.70. The van der Waals surface area contributed by atoms with Crippen LogP contribution in [0.1, 0.15) is 12.0 Å². The zero-order valence-corrected chi connectivity index (χ0v) is 12.5. The minimum Gasteiger partial charge on any atom is -0.351 e. The highest BCUT2D eigenvalue weighted by Crippen LogP contribution is 2.25. The van der Waals surface area contributed by atoms with Gasteiger partial charge in [0.15, 0.2) is 0 Å². The molecule has 2 amide bonds. The summed E-state index contributed by atoms with van der Waals surface area (Å²) < 4.78 is 12.8. The van der Waals surface area contributed by atoms with Crippen molar-refractivity contribution >= 4 is 17.5 Å². The summed E-state index contributed by atoms with van der Waals surface area (Å²) in [5.41, 5.74) is 1.61. The van der Waals surface area contributed by atoms with Crippen molar-refractivity contribution in [2.75, 3.05) is 11.4 Å². The van der Waals surface area contributed by atoms with Crippen molar-refractivity contribution < 1.29 is 14.0 Å². The Bertz CT molecular complexity index is 701. The lowest BCUT2D eigenvalue weighted by molar-refractivity contribution is -0.132. The fourth-order valence-corrected chi connectivity index (χ4v) is 2.70. The number of anilines is 1. The van der Waals surface area contributed by atoms with Crippen LogP contribution in [0, 0.1) is 11.7 Å². The molecule has 3 rings (SSSR count). The van der Waals surface area contributed by atoms with Crippen LogP contribution in [-0.2, 0) is 16.1 Å². The van der Waals surface area contributed by atoms with Crippen molar-refractivity contribution in [3.05, 3.63) is 66.0 Å². The average molecular weight is 312 g/mol. The topological polar surface area (TPSA) is 49.4 Å². The maximum atomic E-state index is 12.8. The number of rotatable bonds is 4. The number of hydrogen-bond donors (Lipinski definition) is 1. The first kappa shape index (κ1) is 15.2. The zero-order chi connectivity index (χ0) is 16.2. The summed E-state index contributed by atoms with van der Waals surface area (Å²) in [6.45, 7) is 0.825. The van der Waals surface area contributed by atoms with Gasteiger partial charge in [-0.3, -0.25) is 9.59 Å². The van der Waals surface area contributed by atoms with E-state index in [2.05, 4.69) is 5.32 Å². The summed E-state index contributed by atoms with van der Waals surface area (Å²) in [6, 6.07) is 15.3. The van der Waals surface area contributed by atoms with Crippen LogP contribution in [0.4, 0.5) is 10.1 Å². The molecule has 118 valence electrons. The van der Waals surface area contributed by atoms with Gasteiger partial charge in [-0.05, 0) is 36.2 Å². The van der Waals surface area contributed by atoms with Crippen molar-refractivity contribution in [3.63, 3.8) is 0 Å². The highest BCUT2D eigenvalue weighted by molar-refractivity contribution is 6.09. The van der Waals surface area contributed by atoms with Crippen LogP contribution in [0.3, 0.4) is 0 Å². The number of benzene rings is 2. The highest BCUT2D eigenvalue weighted by atomic mass is 19.1. The maximum absolute atomic E-state index is 12.8. The van der Waals surface area contributed by atoms with E-state index >= 15 is 0 Å². The molecule has 0 radical (unpaired) electrons. The molecule has 0 bridgehead atoms. The first-order chi connectivity index (χ1) is 11.1. The van der Waals surface area contributed by atoms with Crippen molar-refractivity contribution in [3.8, 4) is 0 Å². The quantitative estimate of drug-likeness (QED) is 0.882. The van der Waals surface area contributed by atoms with Gasteiger partial charge in [-0.2, -0.15) is 0 Å². The molecule has 0 unspecified atom stereocenters. The van der Waals surface area contributed by atoms with Gasteiger partial charge >= 0.3 is 0 Å². The van der Waals surface area contributed by atoms with E-state index in [1.165, 1.54) is 12.1 Å². The van der Waals surface area contributed by atoms with E-state index in [1.807, 2.05) is 30.3 Å². The van der Waals surface area contributed by atoms with Crippen LogP contribution in [0.15, 0.2) is 54.6 Å². The van der Waals surface area contributed by atoms with E-state index in [9.17, 15) is 14.0 Å². The summed E-state index contributed by atoms with van der Waals surface area (Å²) in [5, 5.41) is 2.75. The number of carbonyl (C=O) groups excluding carboxylic acids is 2. The van der Waals surface area contributed by atoms with E-state index in [4.69, 9.17) is 0 Å². The normalized spacial score (nSPS) is 17.3. The third-order valence-corrected chi connectivity index (χ3v) is 3.97. The summed E-state index contributed by atoms with van der Waals surface area (Å²) in [4.78, 5) is 26.3. The van der Waals surface area contributed by atoms with Crippen molar-refractivity contribution in [1.82, 2.24) is 5.32 Å². The van der Waals surface area contributed by atoms with Crippen molar-refractivity contribution in [1.29, 1.82) is 0 Å². The van der Waals surface area contributed by atoms with Gasteiger partial charge in [0.05, 0.1) is 0 Å². The Labute approximate surface area is 133 Å². The van der Waals surface area contributed by atoms with Crippen molar-refractivity contribution in [2.45, 2.75) is 13.0 Å². The monoisotopic (exact) mass is 312 g/mol. The molecule has 1 saturated heterocycles. The van der Waals surface area contributed by atoms with Crippen LogP contribution < -0.4 is 10.2 Å². The number of nitrogens with zero attached hydrogens (tertiary/aromatic N) is 1. The molecule has 1 heterocycles. The predicted molar refractivity (Wildman–Crippen MR) is 85.1 cm³/mol. The Hall–Kier alpha value is -2.69. The van der Waals surface area contributed by atoms with Gasteiger partial charge in [0.25, 0.3) is 0 Å². The molecule has 1 aliphatic rings. The summed E-state index contributed by atoms with van der Waals surface area (Å²) >= 11 is 0. The number of amides is 2. The molecule has 5 heteroatoms. The fraction of sp³-hybridized carbons (Fsp3) is 0.222. The Morgan fingerprint density at radius 1 is 1.13 bits per heavy atom. The lowest BCUT2D eigenvalue weighted by Gasteiger charge is -2.16. The third-order valence-electron chi connectivity index (χ3n) is 3.97. The van der Waals surface area contributed by atoms with Gasteiger partial charge in [0, 0.05) is 18.8 Å². The molecular weight excluding hydrogens is 295 g/mol. The van der Waals surface area contributed by atoms with E-state index in [-0.39, 0.29) is 24.2 Å². The first-order valence-electron chi connectivity index (χ1n) is 7.54. The van der Waals surface area contributed by atoms with Gasteiger partial charge in [0.2, 0.25) is 11.8 Å². The van der Waals surface area contributed by atoms with Crippen LogP contribution in [0.2, 0.25) is 0 Å². The molecule has 1 aliphatic heterocycles. The van der Waals surface area contributed by atoms with Gasteiger partial charge in [-0.15, -0.1) is 0 Å². The van der Waals surface area contributed by atoms with Crippen molar-refractivity contribution in [2.24, 2.45) is 5.92 Å². The lowest BCUT2D eigenvalue weighted by Crippen LogP contribution is -2.36. The molecule has 0 saturated carbocycles. The number of halogens is 1. The molecule has 2 aromatic carbocycles. The number of para-hydroxylation sites is 1. The second kappa shape index (κ2) is 6.60. The minimum atomic E-state index is -0.657. The van der Waals surface area contributed by atoms with Crippen LogP contribution in [-0.4, -0.2) is 18.4 Å². The predicted octanol–water partition coefficient (Wildman–Crippen LogP) is 2.50. The Kier molecular flexibility index (Phi) is 4.37. The van der Waals surface area contributed by atoms with Gasteiger partial charge < -0.3 is 10.2 Å². The Balaban J connectivity index is 1.60. The molecule has 0 spiro atoms. The average Bonchev–Trinajstić information content (AvgIpc) is 2.96. The molecule has 1 fully saturated rings. The van der Waals surface area contributed by atoms with Gasteiger partial charge in [0.1, 0.15) is 11.7 Å². The maximum Gasteiger partial charge on any atom is 0.239 e. The Morgan fingerprint density at radius 2 is 1.83 bits per heavy atom. The smallest absolute Gasteiger partial charge is 0.239 e. The van der Waals surface area contributed by atoms with Gasteiger partial charge in [-0.1, -0.05) is 30.3 Å². The number of carbonyl (C=O) groups is 2. The van der Waals surface area contributed by atoms with Crippen LogP contribution in [0.25, 0.3) is 0 Å². The molecule has 1 N–H and O–H groups in total. The van der Waals surface area contributed by atoms with E-state index in [0.717, 1.165) is 11.3 Å². The van der Waals surface area contributed by atoms with Crippen LogP contribution >= 0.6 is 0 Å². The summed E-state index contributed by atoms with van der Waals surface area (Å²) in [7, 11) is 0. The highest BCUT2D eigenvalue weighted by Gasteiger charge is 2.37. The lowest BCUT2D eigenvalue weighted by atomic mass is 10.1. The number of hydrogen-bond acceptors (Lipinski definition) is 2. The second-order valence-electron chi connectivity index (χ2n) is 5.51. The Morgan fingerprint density at radius 3 is 2.52 bits per heavy atom. The second-order valence-corrected chi connectivity index (χ2v) is 5.51. The zero-order valence-electron chi connectivity index (χ0n) is 12.5. The van der Waals surface area contributed by atoms with Gasteiger partial charge in [-0.25, -0.2) is 4.39 Å². The molecule has 23 heavy (non-hydrogen) atoms. The van der Waals surface area contributed by atoms with E-state index in [0.29, 0.717) is 13.0 Å². The summed E-state index contributed by atoms with van der Waals surface area (Å²) in [6.07, 6.45) is 0.503. The molecular formula is C18H17FN2O2. The van der Waals surface area contributed by atoms with Crippen LogP contribution in [0.5, 0.6) is 0 Å². The molecule has 0 aliphatic carbocycles. The standard InChI is InChI=1S/C18H17FN2O2/c19-14-8-6-13(7-9-14)12-20-17(22)16-10-11-21(18(16)23)15-4-2-1-3-5-15/h1-9,16H,10-12H2,(H,20,22)/t16-/m1/s1. The first-order valence-corrected chi connectivity index (χ1v) is 7.54. The molecule has 0 aromatic heterocycles. The largest absolute Gasteiger partial charge is 0.351 e. The van der Waals surface area contributed by atoms with E-state index in [1.54, 1.807) is 17.0 Å². The molecule has 1 atom stereocenters. The summed E-state index contributed by atoms with van der Waals surface area (Å²) in [5.74, 6) is -1.43. The SMILES string of the molecule is O=C(NCc1ccc(F)cc1)[C@H]1CCN(c2ccccc2)C1=O. The minimum absolute atomic E-state index is 0.173. The van der Waals surface area contributed by atoms with E-state index < -0.39 is 5.92 Å². The molecule has 2 aromatic rings. The third kappa shape index (κ3) is 3.39.